The molecule has 0 radical (unpaired) electrons. The number of thiophene rings is 1. The first kappa shape index (κ1) is 19.8. The third-order valence-electron chi connectivity index (χ3n) is 5.54. The zero-order valence-electron chi connectivity index (χ0n) is 17.0. The van der Waals surface area contributed by atoms with Gasteiger partial charge in [-0.3, -0.25) is 14.7 Å². The summed E-state index contributed by atoms with van der Waals surface area (Å²) in [4.78, 5) is 25.1. The normalized spacial score (nSPS) is 15.1. The van der Waals surface area contributed by atoms with Crippen LogP contribution in [0.4, 0.5) is 0 Å². The number of nitrogens with one attached hydrogen (secondary N) is 1. The van der Waals surface area contributed by atoms with Crippen LogP contribution in [0.15, 0.2) is 42.4 Å². The zero-order chi connectivity index (χ0) is 20.2. The van der Waals surface area contributed by atoms with E-state index in [1.807, 2.05) is 22.3 Å². The van der Waals surface area contributed by atoms with E-state index in [0.29, 0.717) is 6.54 Å². The Morgan fingerprint density at radius 1 is 1.38 bits per heavy atom. The van der Waals surface area contributed by atoms with E-state index in [1.54, 1.807) is 23.9 Å². The van der Waals surface area contributed by atoms with E-state index in [0.717, 1.165) is 43.7 Å². The topological polar surface area (TPSA) is 63.1 Å². The van der Waals surface area contributed by atoms with Crippen molar-refractivity contribution in [3.63, 3.8) is 0 Å². The highest BCUT2D eigenvalue weighted by Crippen LogP contribution is 2.29. The molecule has 29 heavy (non-hydrogen) atoms. The molecular weight excluding hydrogens is 382 g/mol. The lowest BCUT2D eigenvalue weighted by Crippen LogP contribution is -2.32. The Bertz CT molecular complexity index is 948. The first-order valence-corrected chi connectivity index (χ1v) is 11.0. The van der Waals surface area contributed by atoms with Gasteiger partial charge in [0.05, 0.1) is 17.6 Å². The van der Waals surface area contributed by atoms with Crippen molar-refractivity contribution >= 4 is 17.2 Å². The number of hydrogen-bond donors (Lipinski definition) is 1. The fraction of sp³-hybridized carbons (Fsp3) is 0.409. The molecule has 4 heterocycles. The molecule has 0 bridgehead atoms. The van der Waals surface area contributed by atoms with Crippen LogP contribution in [0.2, 0.25) is 0 Å². The van der Waals surface area contributed by atoms with Gasteiger partial charge < -0.3 is 9.88 Å². The van der Waals surface area contributed by atoms with Crippen LogP contribution < -0.4 is 5.32 Å². The Balaban J connectivity index is 1.35. The quantitative estimate of drug-likeness (QED) is 0.649. The minimum absolute atomic E-state index is 0.0275. The van der Waals surface area contributed by atoms with Crippen molar-refractivity contribution in [3.05, 3.63) is 69.7 Å². The number of carbonyl (C=O) groups excluding carboxylic acids is 1. The van der Waals surface area contributed by atoms with Crippen molar-refractivity contribution in [1.82, 2.24) is 24.8 Å². The maximum atomic E-state index is 12.7. The van der Waals surface area contributed by atoms with Crippen molar-refractivity contribution < 1.29 is 4.79 Å². The van der Waals surface area contributed by atoms with E-state index in [1.165, 1.54) is 16.0 Å². The fourth-order valence-corrected chi connectivity index (χ4v) is 4.79. The molecule has 4 rings (SSSR count). The molecule has 1 N–H and O–H groups in total. The molecule has 0 saturated carbocycles. The number of rotatable bonds is 7. The maximum Gasteiger partial charge on any atom is 0.252 e. The summed E-state index contributed by atoms with van der Waals surface area (Å²) in [5, 5.41) is 5.09. The number of amides is 1. The van der Waals surface area contributed by atoms with Crippen LogP contribution in [0.5, 0.6) is 0 Å². The number of fused-ring (bicyclic) bond motifs is 1. The molecule has 1 amide bonds. The first-order chi connectivity index (χ1) is 14.1. The lowest BCUT2D eigenvalue weighted by Gasteiger charge is -2.27. The van der Waals surface area contributed by atoms with Crippen LogP contribution in [0.25, 0.3) is 0 Å². The Hall–Kier alpha value is -2.51. The highest BCUT2D eigenvalue weighted by molar-refractivity contribution is 7.10. The molecule has 0 aliphatic carbocycles. The van der Waals surface area contributed by atoms with Crippen molar-refractivity contribution in [1.29, 1.82) is 0 Å². The summed E-state index contributed by atoms with van der Waals surface area (Å²) in [5.74, 6) is 0.0275. The Morgan fingerprint density at radius 3 is 3.00 bits per heavy atom. The lowest BCUT2D eigenvalue weighted by atomic mass is 10.0. The van der Waals surface area contributed by atoms with E-state index in [9.17, 15) is 4.79 Å². The SMILES string of the molecule is CCc1ccc(CN2CCc3c(C(=O)NCC(C)n4ccnc4)csc3C2)nc1. The molecule has 6 nitrogen and oxygen atoms in total. The Kier molecular flexibility index (Phi) is 6.06. The van der Waals surface area contributed by atoms with E-state index >= 15 is 0 Å². The summed E-state index contributed by atoms with van der Waals surface area (Å²) in [5.41, 5.74) is 4.43. The van der Waals surface area contributed by atoms with Crippen LogP contribution in [0.1, 0.15) is 51.9 Å². The second-order valence-electron chi connectivity index (χ2n) is 7.59. The number of aromatic nitrogens is 3. The van der Waals surface area contributed by atoms with Gasteiger partial charge in [0.2, 0.25) is 0 Å². The van der Waals surface area contributed by atoms with E-state index < -0.39 is 0 Å². The van der Waals surface area contributed by atoms with E-state index in [-0.39, 0.29) is 11.9 Å². The van der Waals surface area contributed by atoms with Crippen molar-refractivity contribution in [2.45, 2.75) is 45.8 Å². The third kappa shape index (κ3) is 4.57. The molecule has 1 unspecified atom stereocenters. The molecule has 0 fully saturated rings. The fourth-order valence-electron chi connectivity index (χ4n) is 3.66. The second-order valence-corrected chi connectivity index (χ2v) is 8.56. The monoisotopic (exact) mass is 409 g/mol. The zero-order valence-corrected chi connectivity index (χ0v) is 17.8. The smallest absolute Gasteiger partial charge is 0.252 e. The van der Waals surface area contributed by atoms with Crippen LogP contribution in [0, 0.1) is 0 Å². The summed E-state index contributed by atoms with van der Waals surface area (Å²) in [6.07, 6.45) is 9.36. The van der Waals surface area contributed by atoms with Gasteiger partial charge in [-0.25, -0.2) is 4.98 Å². The van der Waals surface area contributed by atoms with Crippen LogP contribution in [0.3, 0.4) is 0 Å². The standard InChI is InChI=1S/C22H27N5OS/c1-3-17-4-5-18(24-11-17)12-26-8-6-19-20(14-29-21(19)13-26)22(28)25-10-16(2)27-9-7-23-15-27/h4-5,7,9,11,14-16H,3,6,8,10,12-13H2,1-2H3,(H,25,28). The molecule has 1 aliphatic rings. The molecular formula is C22H27N5OS. The van der Waals surface area contributed by atoms with Gasteiger partial charge in [0.25, 0.3) is 5.91 Å². The van der Waals surface area contributed by atoms with Crippen molar-refractivity contribution in [2.75, 3.05) is 13.1 Å². The van der Waals surface area contributed by atoms with Crippen molar-refractivity contribution in [3.8, 4) is 0 Å². The highest BCUT2D eigenvalue weighted by Gasteiger charge is 2.24. The number of aryl methyl sites for hydroxylation is 1. The number of pyridine rings is 1. The van der Waals surface area contributed by atoms with Crippen LogP contribution in [-0.4, -0.2) is 38.4 Å². The third-order valence-corrected chi connectivity index (χ3v) is 6.56. The predicted molar refractivity (Wildman–Crippen MR) is 115 cm³/mol. The largest absolute Gasteiger partial charge is 0.350 e. The van der Waals surface area contributed by atoms with Gasteiger partial charge in [0, 0.05) is 61.1 Å². The van der Waals surface area contributed by atoms with E-state index in [2.05, 4.69) is 46.2 Å². The molecule has 7 heteroatoms. The Labute approximate surface area is 175 Å². The summed E-state index contributed by atoms with van der Waals surface area (Å²) in [6, 6.07) is 4.47. The van der Waals surface area contributed by atoms with E-state index in [4.69, 9.17) is 0 Å². The van der Waals surface area contributed by atoms with Crippen LogP contribution in [-0.2, 0) is 25.9 Å². The van der Waals surface area contributed by atoms with Gasteiger partial charge in [0.15, 0.2) is 0 Å². The molecule has 0 saturated heterocycles. The number of carbonyl (C=O) groups is 1. The number of nitrogens with zero attached hydrogens (tertiary/aromatic N) is 4. The summed E-state index contributed by atoms with van der Waals surface area (Å²) >= 11 is 1.69. The van der Waals surface area contributed by atoms with Gasteiger partial charge in [-0.15, -0.1) is 11.3 Å². The molecule has 0 aromatic carbocycles. The molecule has 3 aromatic heterocycles. The minimum Gasteiger partial charge on any atom is -0.350 e. The second kappa shape index (κ2) is 8.88. The van der Waals surface area contributed by atoms with Crippen molar-refractivity contribution in [2.24, 2.45) is 0 Å². The first-order valence-electron chi connectivity index (χ1n) is 10.1. The summed E-state index contributed by atoms with van der Waals surface area (Å²) in [7, 11) is 0. The Morgan fingerprint density at radius 2 is 2.28 bits per heavy atom. The molecule has 0 spiro atoms. The van der Waals surface area contributed by atoms with Gasteiger partial charge in [-0.2, -0.15) is 0 Å². The van der Waals surface area contributed by atoms with Gasteiger partial charge in [0.1, 0.15) is 0 Å². The molecule has 3 aromatic rings. The highest BCUT2D eigenvalue weighted by atomic mass is 32.1. The number of hydrogen-bond acceptors (Lipinski definition) is 5. The molecule has 1 aliphatic heterocycles. The lowest BCUT2D eigenvalue weighted by molar-refractivity contribution is 0.0947. The molecule has 1 atom stereocenters. The average Bonchev–Trinajstić information content (AvgIpc) is 3.42. The summed E-state index contributed by atoms with van der Waals surface area (Å²) in [6.45, 7) is 7.50. The van der Waals surface area contributed by atoms with Crippen LogP contribution >= 0.6 is 11.3 Å². The van der Waals surface area contributed by atoms with Gasteiger partial charge >= 0.3 is 0 Å². The maximum absolute atomic E-state index is 12.7. The average molecular weight is 410 g/mol. The predicted octanol–water partition coefficient (Wildman–Crippen LogP) is 3.45. The number of imidazole rings is 1. The van der Waals surface area contributed by atoms with Gasteiger partial charge in [-0.1, -0.05) is 13.0 Å². The molecule has 152 valence electrons. The summed E-state index contributed by atoms with van der Waals surface area (Å²) < 4.78 is 2.00. The minimum atomic E-state index is 0.0275. The van der Waals surface area contributed by atoms with Gasteiger partial charge in [-0.05, 0) is 37.0 Å².